The van der Waals surface area contributed by atoms with E-state index in [9.17, 15) is 9.59 Å². The molecule has 0 radical (unpaired) electrons. The Kier molecular flexibility index (Phi) is 6.11. The second-order valence-electron chi connectivity index (χ2n) is 7.82. The molecule has 1 fully saturated rings. The van der Waals surface area contributed by atoms with Crippen LogP contribution in [0.1, 0.15) is 40.3 Å². The van der Waals surface area contributed by atoms with Crippen LogP contribution in [0, 0.1) is 13.8 Å². The van der Waals surface area contributed by atoms with Crippen molar-refractivity contribution in [3.8, 4) is 0 Å². The largest absolute Gasteiger partial charge is 0.467 e. The first kappa shape index (κ1) is 20.8. The Balaban J connectivity index is 1.31. The highest BCUT2D eigenvalue weighted by Crippen LogP contribution is 2.22. The van der Waals surface area contributed by atoms with E-state index in [1.54, 1.807) is 12.3 Å². The second kappa shape index (κ2) is 9.12. The second-order valence-corrected chi connectivity index (χ2v) is 7.82. The minimum Gasteiger partial charge on any atom is -0.467 e. The van der Waals surface area contributed by atoms with Gasteiger partial charge >= 0.3 is 5.97 Å². The van der Waals surface area contributed by atoms with Crippen LogP contribution in [0.5, 0.6) is 0 Å². The van der Waals surface area contributed by atoms with E-state index in [2.05, 4.69) is 10.2 Å². The third kappa shape index (κ3) is 4.82. The summed E-state index contributed by atoms with van der Waals surface area (Å²) in [5.74, 6) is -0.0816. The molecule has 31 heavy (non-hydrogen) atoms. The fourth-order valence-corrected chi connectivity index (χ4v) is 3.95. The van der Waals surface area contributed by atoms with Gasteiger partial charge in [-0.2, -0.15) is 0 Å². The molecular weight excluding hydrogens is 394 g/mol. The number of amides is 1. The molecule has 0 saturated carbocycles. The molecular formula is C24H27N3O4. The number of nitrogens with zero attached hydrogens (tertiary/aromatic N) is 2. The maximum absolute atomic E-state index is 12.5. The fourth-order valence-electron chi connectivity index (χ4n) is 3.95. The summed E-state index contributed by atoms with van der Waals surface area (Å²) in [6.45, 7) is 6.12. The monoisotopic (exact) mass is 421 g/mol. The molecule has 162 valence electrons. The van der Waals surface area contributed by atoms with Gasteiger partial charge in [-0.15, -0.1) is 0 Å². The number of rotatable bonds is 7. The molecule has 1 saturated heterocycles. The summed E-state index contributed by atoms with van der Waals surface area (Å²) in [5, 5.41) is 2.78. The number of furan rings is 1. The Morgan fingerprint density at radius 1 is 1.10 bits per heavy atom. The van der Waals surface area contributed by atoms with Crippen molar-refractivity contribution < 1.29 is 18.7 Å². The van der Waals surface area contributed by atoms with Crippen LogP contribution in [0.25, 0.3) is 0 Å². The van der Waals surface area contributed by atoms with E-state index in [1.807, 2.05) is 54.8 Å². The van der Waals surface area contributed by atoms with E-state index in [0.717, 1.165) is 35.9 Å². The number of carbonyl (C=O) groups excluding carboxylic acids is 2. The zero-order valence-electron chi connectivity index (χ0n) is 17.9. The van der Waals surface area contributed by atoms with E-state index in [1.165, 1.54) is 12.8 Å². The van der Waals surface area contributed by atoms with Crippen molar-refractivity contribution in [3.63, 3.8) is 0 Å². The maximum atomic E-state index is 12.5. The van der Waals surface area contributed by atoms with Crippen molar-refractivity contribution in [2.45, 2.75) is 33.2 Å². The van der Waals surface area contributed by atoms with Gasteiger partial charge in [0.15, 0.2) is 6.61 Å². The first-order valence-electron chi connectivity index (χ1n) is 10.5. The highest BCUT2D eigenvalue weighted by Gasteiger charge is 2.19. The topological polar surface area (TPSA) is 76.7 Å². The van der Waals surface area contributed by atoms with Gasteiger partial charge in [0.2, 0.25) is 0 Å². The summed E-state index contributed by atoms with van der Waals surface area (Å²) >= 11 is 0. The molecule has 0 aliphatic carbocycles. The average Bonchev–Trinajstić information content (AvgIpc) is 3.52. The third-order valence-corrected chi connectivity index (χ3v) is 5.64. The Morgan fingerprint density at radius 2 is 1.84 bits per heavy atom. The van der Waals surface area contributed by atoms with E-state index >= 15 is 0 Å². The summed E-state index contributed by atoms with van der Waals surface area (Å²) in [7, 11) is 0. The molecule has 1 aliphatic heterocycles. The predicted molar refractivity (Wildman–Crippen MR) is 119 cm³/mol. The standard InChI is InChI=1S/C24H27N3O4/c1-17-14-22(18(2)27(17)15-21-6-5-13-30-21)24(29)31-16-23(28)25-19-7-9-20(10-8-19)26-11-3-4-12-26/h5-10,13-14H,3-4,11-12,15-16H2,1-2H3,(H,25,28). The summed E-state index contributed by atoms with van der Waals surface area (Å²) in [5.41, 5.74) is 3.99. The number of ether oxygens (including phenoxy) is 1. The lowest BCUT2D eigenvalue weighted by Crippen LogP contribution is -2.21. The maximum Gasteiger partial charge on any atom is 0.340 e. The quantitative estimate of drug-likeness (QED) is 0.580. The van der Waals surface area contributed by atoms with Gasteiger partial charge in [0, 0.05) is 35.9 Å². The van der Waals surface area contributed by atoms with Gasteiger partial charge < -0.3 is 23.9 Å². The van der Waals surface area contributed by atoms with Crippen LogP contribution in [0.2, 0.25) is 0 Å². The van der Waals surface area contributed by atoms with Gasteiger partial charge in [0.25, 0.3) is 5.91 Å². The lowest BCUT2D eigenvalue weighted by atomic mass is 10.2. The normalized spacial score (nSPS) is 13.4. The van der Waals surface area contributed by atoms with Gasteiger partial charge in [-0.25, -0.2) is 4.79 Å². The van der Waals surface area contributed by atoms with E-state index in [0.29, 0.717) is 17.8 Å². The zero-order valence-corrected chi connectivity index (χ0v) is 17.9. The fraction of sp³-hybridized carbons (Fsp3) is 0.333. The molecule has 0 unspecified atom stereocenters. The highest BCUT2D eigenvalue weighted by atomic mass is 16.5. The smallest absolute Gasteiger partial charge is 0.340 e. The first-order valence-corrected chi connectivity index (χ1v) is 10.5. The lowest BCUT2D eigenvalue weighted by molar-refractivity contribution is -0.119. The first-order chi connectivity index (χ1) is 15.0. The van der Waals surface area contributed by atoms with Crippen LogP contribution in [0.15, 0.2) is 53.1 Å². The highest BCUT2D eigenvalue weighted by molar-refractivity contribution is 5.96. The molecule has 2 aromatic heterocycles. The molecule has 0 atom stereocenters. The van der Waals surface area contributed by atoms with E-state index < -0.39 is 5.97 Å². The SMILES string of the molecule is Cc1cc(C(=O)OCC(=O)Nc2ccc(N3CCCC3)cc2)c(C)n1Cc1ccco1. The number of carbonyl (C=O) groups is 2. The van der Waals surface area contributed by atoms with Crippen LogP contribution < -0.4 is 10.2 Å². The molecule has 1 amide bonds. The molecule has 7 heteroatoms. The summed E-state index contributed by atoms with van der Waals surface area (Å²) < 4.78 is 12.6. The number of nitrogens with one attached hydrogen (secondary N) is 1. The minimum absolute atomic E-state index is 0.339. The van der Waals surface area contributed by atoms with Crippen molar-refractivity contribution in [1.82, 2.24) is 4.57 Å². The molecule has 7 nitrogen and oxygen atoms in total. The lowest BCUT2D eigenvalue weighted by Gasteiger charge is -2.17. The van der Waals surface area contributed by atoms with Crippen molar-refractivity contribution in [1.29, 1.82) is 0 Å². The number of aromatic nitrogens is 1. The van der Waals surface area contributed by atoms with Crippen molar-refractivity contribution in [2.75, 3.05) is 29.9 Å². The number of esters is 1. The van der Waals surface area contributed by atoms with E-state index in [-0.39, 0.29) is 12.5 Å². The van der Waals surface area contributed by atoms with Gasteiger partial charge in [0.1, 0.15) is 5.76 Å². The summed E-state index contributed by atoms with van der Waals surface area (Å²) in [4.78, 5) is 27.1. The molecule has 3 heterocycles. The van der Waals surface area contributed by atoms with Gasteiger partial charge in [-0.3, -0.25) is 4.79 Å². The van der Waals surface area contributed by atoms with Gasteiger partial charge in [-0.05, 0) is 69.2 Å². The van der Waals surface area contributed by atoms with Crippen molar-refractivity contribution >= 4 is 23.3 Å². The van der Waals surface area contributed by atoms with Crippen LogP contribution >= 0.6 is 0 Å². The summed E-state index contributed by atoms with van der Waals surface area (Å²) in [6, 6.07) is 13.2. The number of hydrogen-bond donors (Lipinski definition) is 1. The third-order valence-electron chi connectivity index (χ3n) is 5.64. The Labute approximate surface area is 181 Å². The Bertz CT molecular complexity index is 1050. The van der Waals surface area contributed by atoms with Crippen LogP contribution in [-0.2, 0) is 16.1 Å². The Hall–Kier alpha value is -3.48. The van der Waals surface area contributed by atoms with Crippen LogP contribution in [0.4, 0.5) is 11.4 Å². The van der Waals surface area contributed by atoms with Gasteiger partial charge in [0.05, 0.1) is 18.4 Å². The number of hydrogen-bond acceptors (Lipinski definition) is 5. The molecule has 3 aromatic rings. The number of aryl methyl sites for hydroxylation is 1. The van der Waals surface area contributed by atoms with Crippen LogP contribution in [-0.4, -0.2) is 36.1 Å². The number of anilines is 2. The molecule has 0 spiro atoms. The molecule has 0 bridgehead atoms. The van der Waals surface area contributed by atoms with Crippen LogP contribution in [0.3, 0.4) is 0 Å². The average molecular weight is 421 g/mol. The zero-order chi connectivity index (χ0) is 21.8. The molecule has 1 aliphatic rings. The van der Waals surface area contributed by atoms with Gasteiger partial charge in [-0.1, -0.05) is 0 Å². The molecule has 1 aromatic carbocycles. The van der Waals surface area contributed by atoms with E-state index in [4.69, 9.17) is 9.15 Å². The van der Waals surface area contributed by atoms with Crippen molar-refractivity contribution in [3.05, 3.63) is 71.4 Å². The Morgan fingerprint density at radius 3 is 2.52 bits per heavy atom. The number of benzene rings is 1. The molecule has 1 N–H and O–H groups in total. The van der Waals surface area contributed by atoms with Crippen molar-refractivity contribution in [2.24, 2.45) is 0 Å². The molecule has 4 rings (SSSR count). The summed E-state index contributed by atoms with van der Waals surface area (Å²) in [6.07, 6.45) is 4.06. The predicted octanol–water partition coefficient (Wildman–Crippen LogP) is 4.14. The minimum atomic E-state index is -0.515.